The topological polar surface area (TPSA) is 104 Å². The highest BCUT2D eigenvalue weighted by Crippen LogP contribution is 2.50. The van der Waals surface area contributed by atoms with Crippen LogP contribution in [0.5, 0.6) is 11.5 Å². The highest BCUT2D eigenvalue weighted by molar-refractivity contribution is 6.30. The summed E-state index contributed by atoms with van der Waals surface area (Å²) in [5.74, 6) is -0.349. The minimum absolute atomic E-state index is 0.116. The number of imidazole rings is 1. The predicted molar refractivity (Wildman–Crippen MR) is 164 cm³/mol. The van der Waals surface area contributed by atoms with Crippen molar-refractivity contribution in [2.75, 3.05) is 19.7 Å². The van der Waals surface area contributed by atoms with Crippen LogP contribution in [0.1, 0.15) is 65.2 Å². The van der Waals surface area contributed by atoms with E-state index in [-0.39, 0.29) is 17.7 Å². The highest BCUT2D eigenvalue weighted by atomic mass is 35.5. The van der Waals surface area contributed by atoms with E-state index < -0.39 is 17.6 Å². The molecule has 0 amide bonds. The van der Waals surface area contributed by atoms with Crippen LogP contribution < -0.4 is 9.47 Å². The molecule has 0 bridgehead atoms. The number of likely N-dealkylation sites (tertiary alicyclic amines) is 1. The van der Waals surface area contributed by atoms with Gasteiger partial charge in [-0.1, -0.05) is 23.7 Å². The van der Waals surface area contributed by atoms with Gasteiger partial charge in [-0.2, -0.15) is 5.10 Å². The minimum Gasteiger partial charge on any atom is -0.477 e. The van der Waals surface area contributed by atoms with E-state index in [0.29, 0.717) is 46.6 Å². The SMILES string of the molecule is Cc1c(-c2cc(C(=O)O)n(C)n2)nc(CN2CCC(c3cccc4c3OC(C)(c3ccc(Cl)cc3F)O4)CC2)n1CC1CCO1. The van der Waals surface area contributed by atoms with Gasteiger partial charge in [-0.25, -0.2) is 14.2 Å². The first-order valence-corrected chi connectivity index (χ1v) is 15.6. The second kappa shape index (κ2) is 11.5. The quantitative estimate of drug-likeness (QED) is 0.255. The van der Waals surface area contributed by atoms with Gasteiger partial charge in [0.05, 0.1) is 24.8 Å². The Kier molecular flexibility index (Phi) is 7.58. The van der Waals surface area contributed by atoms with Gasteiger partial charge in [0.1, 0.15) is 28.7 Å². The Bertz CT molecular complexity index is 1780. The largest absolute Gasteiger partial charge is 0.477 e. The maximum atomic E-state index is 14.9. The van der Waals surface area contributed by atoms with Crippen LogP contribution in [-0.2, 0) is 30.7 Å². The summed E-state index contributed by atoms with van der Waals surface area (Å²) in [5.41, 5.74) is 3.67. The summed E-state index contributed by atoms with van der Waals surface area (Å²) in [6.45, 7) is 7.56. The summed E-state index contributed by atoms with van der Waals surface area (Å²) >= 11 is 5.98. The van der Waals surface area contributed by atoms with Crippen molar-refractivity contribution in [2.24, 2.45) is 7.05 Å². The van der Waals surface area contributed by atoms with Gasteiger partial charge in [0.25, 0.3) is 5.79 Å². The number of piperidine rings is 1. The van der Waals surface area contributed by atoms with Gasteiger partial charge < -0.3 is 23.9 Å². The lowest BCUT2D eigenvalue weighted by Gasteiger charge is -2.33. The van der Waals surface area contributed by atoms with Crippen molar-refractivity contribution in [3.05, 3.63) is 81.6 Å². The maximum absolute atomic E-state index is 14.9. The van der Waals surface area contributed by atoms with E-state index in [4.69, 9.17) is 30.8 Å². The van der Waals surface area contributed by atoms with Gasteiger partial charge >= 0.3 is 5.97 Å². The molecule has 236 valence electrons. The van der Waals surface area contributed by atoms with Crippen molar-refractivity contribution >= 4 is 17.6 Å². The Morgan fingerprint density at radius 3 is 2.60 bits per heavy atom. The smallest absolute Gasteiger partial charge is 0.354 e. The Hall–Kier alpha value is -3.93. The molecule has 0 saturated carbocycles. The normalized spacial score (nSPS) is 21.7. The molecule has 3 aliphatic rings. The standard InChI is InChI=1S/C33H35ClFN5O5/c1-19-30(26-16-27(32(41)42)38(3)37-26)36-29(40(19)17-22-11-14-43-22)18-39-12-9-20(10-13-39)23-5-4-6-28-31(23)45-33(2,44-28)24-8-7-21(34)15-25(24)35/h4-8,15-16,20,22H,9-14,17-18H2,1-3H3,(H,41,42). The fraction of sp³-hybridized carbons (Fsp3) is 0.424. The number of aromatic carboxylic acids is 1. The van der Waals surface area contributed by atoms with Crippen LogP contribution in [0.15, 0.2) is 42.5 Å². The molecule has 2 fully saturated rings. The number of carboxylic acid groups (broad SMARTS) is 1. The molecule has 45 heavy (non-hydrogen) atoms. The predicted octanol–water partition coefficient (Wildman–Crippen LogP) is 5.90. The van der Waals surface area contributed by atoms with E-state index >= 15 is 0 Å². The summed E-state index contributed by atoms with van der Waals surface area (Å²) in [5, 5.41) is 14.3. The summed E-state index contributed by atoms with van der Waals surface area (Å²) in [6, 6.07) is 12.0. The molecule has 2 atom stereocenters. The number of aryl methyl sites for hydroxylation is 1. The summed E-state index contributed by atoms with van der Waals surface area (Å²) in [6.07, 6.45) is 2.96. The van der Waals surface area contributed by atoms with Crippen LogP contribution in [-0.4, -0.2) is 61.1 Å². The zero-order valence-corrected chi connectivity index (χ0v) is 26.2. The van der Waals surface area contributed by atoms with Crippen LogP contribution in [0.3, 0.4) is 0 Å². The third-order valence-electron chi connectivity index (χ3n) is 9.24. The number of nitrogens with zero attached hydrogens (tertiary/aromatic N) is 5. The number of benzene rings is 2. The Balaban J connectivity index is 1.08. The lowest BCUT2D eigenvalue weighted by Crippen LogP contribution is -2.35. The lowest BCUT2D eigenvalue weighted by molar-refractivity contribution is -0.0712. The van der Waals surface area contributed by atoms with Crippen LogP contribution in [0.25, 0.3) is 11.4 Å². The second-order valence-electron chi connectivity index (χ2n) is 12.2. The number of carboxylic acids is 1. The number of ether oxygens (including phenoxy) is 3. The van der Waals surface area contributed by atoms with E-state index in [1.165, 1.54) is 10.7 Å². The first kappa shape index (κ1) is 29.8. The van der Waals surface area contributed by atoms with Crippen molar-refractivity contribution in [3.63, 3.8) is 0 Å². The van der Waals surface area contributed by atoms with Crippen LogP contribution >= 0.6 is 11.6 Å². The first-order chi connectivity index (χ1) is 21.6. The molecule has 0 radical (unpaired) electrons. The molecule has 2 aromatic heterocycles. The number of para-hydroxylation sites is 1. The minimum atomic E-state index is -1.29. The zero-order valence-electron chi connectivity index (χ0n) is 25.4. The number of aromatic nitrogens is 4. The van der Waals surface area contributed by atoms with Crippen molar-refractivity contribution in [2.45, 2.75) is 64.0 Å². The first-order valence-electron chi connectivity index (χ1n) is 15.2. The van der Waals surface area contributed by atoms with Gasteiger partial charge in [-0.05, 0) is 69.5 Å². The number of rotatable bonds is 8. The van der Waals surface area contributed by atoms with Crippen molar-refractivity contribution < 1.29 is 28.5 Å². The molecule has 5 heterocycles. The number of halogens is 2. The zero-order chi connectivity index (χ0) is 31.5. The molecule has 12 heteroatoms. The molecular weight excluding hydrogens is 601 g/mol. The average molecular weight is 636 g/mol. The monoisotopic (exact) mass is 635 g/mol. The molecule has 4 aromatic rings. The molecule has 2 aromatic carbocycles. The van der Waals surface area contributed by atoms with Crippen LogP contribution in [0, 0.1) is 12.7 Å². The van der Waals surface area contributed by atoms with Crippen LogP contribution in [0.2, 0.25) is 5.02 Å². The van der Waals surface area contributed by atoms with Gasteiger partial charge in [-0.3, -0.25) is 9.58 Å². The van der Waals surface area contributed by atoms with Gasteiger partial charge in [-0.15, -0.1) is 0 Å². The molecule has 1 N–H and O–H groups in total. The van der Waals surface area contributed by atoms with Crippen molar-refractivity contribution in [1.82, 2.24) is 24.2 Å². The molecule has 3 aliphatic heterocycles. The molecule has 2 unspecified atom stereocenters. The van der Waals surface area contributed by atoms with Gasteiger partial charge in [0.15, 0.2) is 11.5 Å². The second-order valence-corrected chi connectivity index (χ2v) is 12.6. The molecule has 0 aliphatic carbocycles. The number of fused-ring (bicyclic) bond motifs is 1. The van der Waals surface area contributed by atoms with E-state index in [0.717, 1.165) is 56.0 Å². The van der Waals surface area contributed by atoms with Crippen molar-refractivity contribution in [1.29, 1.82) is 0 Å². The molecule has 0 spiro atoms. The Morgan fingerprint density at radius 2 is 1.93 bits per heavy atom. The van der Waals surface area contributed by atoms with Crippen molar-refractivity contribution in [3.8, 4) is 22.9 Å². The Labute approximate surface area is 265 Å². The third-order valence-corrected chi connectivity index (χ3v) is 9.48. The van der Waals surface area contributed by atoms with Gasteiger partial charge in [0.2, 0.25) is 0 Å². The summed E-state index contributed by atoms with van der Waals surface area (Å²) < 4.78 is 36.7. The van der Waals surface area contributed by atoms with Crippen LogP contribution in [0.4, 0.5) is 4.39 Å². The molecule has 7 rings (SSSR count). The number of hydrogen-bond donors (Lipinski definition) is 1. The number of carbonyl (C=O) groups is 1. The van der Waals surface area contributed by atoms with E-state index in [1.54, 1.807) is 32.2 Å². The molecular formula is C33H35ClFN5O5. The van der Waals surface area contributed by atoms with E-state index in [1.807, 2.05) is 19.1 Å². The lowest BCUT2D eigenvalue weighted by atomic mass is 9.88. The molecule has 10 nitrogen and oxygen atoms in total. The highest BCUT2D eigenvalue weighted by Gasteiger charge is 2.43. The average Bonchev–Trinajstić information content (AvgIpc) is 3.63. The van der Waals surface area contributed by atoms with E-state index in [9.17, 15) is 14.3 Å². The van der Waals surface area contributed by atoms with E-state index in [2.05, 4.69) is 20.6 Å². The Morgan fingerprint density at radius 1 is 1.16 bits per heavy atom. The summed E-state index contributed by atoms with van der Waals surface area (Å²) in [4.78, 5) is 19.0. The fourth-order valence-corrected chi connectivity index (χ4v) is 6.81. The van der Waals surface area contributed by atoms with Gasteiger partial charge in [0, 0.05) is 42.9 Å². The third kappa shape index (κ3) is 5.47. The fourth-order valence-electron chi connectivity index (χ4n) is 6.65. The summed E-state index contributed by atoms with van der Waals surface area (Å²) in [7, 11) is 1.63. The maximum Gasteiger partial charge on any atom is 0.354 e. The molecule has 2 saturated heterocycles. The number of hydrogen-bond acceptors (Lipinski definition) is 7.